The van der Waals surface area contributed by atoms with E-state index in [1.54, 1.807) is 0 Å². The number of hydrogen-bond acceptors (Lipinski definition) is 3. The van der Waals surface area contributed by atoms with E-state index in [1.165, 1.54) is 18.4 Å². The lowest BCUT2D eigenvalue weighted by molar-refractivity contribution is -0.0142. The van der Waals surface area contributed by atoms with Crippen molar-refractivity contribution < 1.29 is 9.84 Å². The van der Waals surface area contributed by atoms with Crippen molar-refractivity contribution in [3.63, 3.8) is 0 Å². The summed E-state index contributed by atoms with van der Waals surface area (Å²) in [5.74, 6) is 1.70. The van der Waals surface area contributed by atoms with E-state index in [0.29, 0.717) is 6.61 Å². The zero-order chi connectivity index (χ0) is 13.4. The van der Waals surface area contributed by atoms with E-state index in [-0.39, 0.29) is 6.04 Å². The number of benzene rings is 1. The Morgan fingerprint density at radius 1 is 1.37 bits per heavy atom. The van der Waals surface area contributed by atoms with E-state index in [1.807, 2.05) is 0 Å². The van der Waals surface area contributed by atoms with E-state index >= 15 is 0 Å². The molecular formula is C16H23NO2. The molecule has 3 nitrogen and oxygen atoms in total. The Morgan fingerprint density at radius 3 is 3.00 bits per heavy atom. The number of para-hydroxylation sites is 1. The lowest BCUT2D eigenvalue weighted by atomic mass is 9.91. The van der Waals surface area contributed by atoms with Gasteiger partial charge in [0.15, 0.2) is 0 Å². The summed E-state index contributed by atoms with van der Waals surface area (Å²) in [5.41, 5.74) is 2.33. The number of aliphatic hydroxyl groups excluding tert-OH is 1. The van der Waals surface area contributed by atoms with Gasteiger partial charge in [-0.05, 0) is 37.8 Å². The maximum atomic E-state index is 10.4. The largest absolute Gasteiger partial charge is 0.490 e. The molecule has 0 saturated carbocycles. The van der Waals surface area contributed by atoms with Crippen molar-refractivity contribution >= 4 is 0 Å². The van der Waals surface area contributed by atoms with E-state index in [4.69, 9.17) is 4.74 Å². The van der Waals surface area contributed by atoms with Crippen molar-refractivity contribution in [1.82, 2.24) is 4.90 Å². The Balaban J connectivity index is 1.94. The number of ether oxygens (including phenoxy) is 1. The highest BCUT2D eigenvalue weighted by molar-refractivity contribution is 5.44. The average Bonchev–Trinajstić information content (AvgIpc) is 2.38. The Hall–Kier alpha value is -1.06. The Morgan fingerprint density at radius 2 is 2.21 bits per heavy atom. The number of nitrogens with zero attached hydrogens (tertiary/aromatic N) is 1. The van der Waals surface area contributed by atoms with Gasteiger partial charge in [0, 0.05) is 12.1 Å². The standard InChI is InChI=1S/C16H23NO2/c1-11-5-4-8-17(9-11)15-13-7-3-6-12(2)16(13)19-10-14(15)18/h3,6-7,11,14-15,18H,4-5,8-10H2,1-2H3. The molecule has 3 heteroatoms. The van der Waals surface area contributed by atoms with Crippen LogP contribution in [0.25, 0.3) is 0 Å². The molecule has 0 aliphatic carbocycles. The SMILES string of the molecule is Cc1cccc2c1OCC(O)C2N1CCCC(C)C1. The maximum absolute atomic E-state index is 10.4. The summed E-state index contributed by atoms with van der Waals surface area (Å²) in [6, 6.07) is 6.35. The predicted molar refractivity (Wildman–Crippen MR) is 75.4 cm³/mol. The van der Waals surface area contributed by atoms with Crippen LogP contribution in [0.5, 0.6) is 5.75 Å². The van der Waals surface area contributed by atoms with Crippen molar-refractivity contribution in [3.8, 4) is 5.75 Å². The van der Waals surface area contributed by atoms with Gasteiger partial charge in [-0.1, -0.05) is 25.1 Å². The van der Waals surface area contributed by atoms with Gasteiger partial charge in [-0.3, -0.25) is 4.90 Å². The monoisotopic (exact) mass is 261 g/mol. The lowest BCUT2D eigenvalue weighted by Gasteiger charge is -2.42. The molecule has 1 N–H and O–H groups in total. The Labute approximate surface area is 115 Å². The van der Waals surface area contributed by atoms with Gasteiger partial charge in [0.2, 0.25) is 0 Å². The van der Waals surface area contributed by atoms with Crippen molar-refractivity contribution in [1.29, 1.82) is 0 Å². The van der Waals surface area contributed by atoms with Gasteiger partial charge in [-0.2, -0.15) is 0 Å². The smallest absolute Gasteiger partial charge is 0.127 e. The fourth-order valence-electron chi connectivity index (χ4n) is 3.49. The molecule has 1 aromatic carbocycles. The number of hydrogen-bond donors (Lipinski definition) is 1. The molecule has 0 aromatic heterocycles. The molecule has 0 radical (unpaired) electrons. The zero-order valence-corrected chi connectivity index (χ0v) is 11.8. The molecule has 2 aliphatic heterocycles. The fourth-order valence-corrected chi connectivity index (χ4v) is 3.49. The van der Waals surface area contributed by atoms with E-state index < -0.39 is 6.10 Å². The third kappa shape index (κ3) is 2.37. The first kappa shape index (κ1) is 12.9. The van der Waals surface area contributed by atoms with Crippen LogP contribution >= 0.6 is 0 Å². The average molecular weight is 261 g/mol. The number of fused-ring (bicyclic) bond motifs is 1. The van der Waals surface area contributed by atoms with Gasteiger partial charge in [-0.15, -0.1) is 0 Å². The first-order chi connectivity index (χ1) is 9.16. The molecule has 3 atom stereocenters. The summed E-state index contributed by atoms with van der Waals surface area (Å²) in [6.07, 6.45) is 2.11. The van der Waals surface area contributed by atoms with Crippen LogP contribution in [0.1, 0.15) is 36.9 Å². The van der Waals surface area contributed by atoms with Crippen LogP contribution in [0.2, 0.25) is 0 Å². The van der Waals surface area contributed by atoms with Crippen molar-refractivity contribution in [2.45, 2.75) is 38.8 Å². The van der Waals surface area contributed by atoms with Crippen LogP contribution in [0.3, 0.4) is 0 Å². The molecule has 2 heterocycles. The Kier molecular flexibility index (Phi) is 3.50. The summed E-state index contributed by atoms with van der Waals surface area (Å²) in [6.45, 7) is 6.95. The first-order valence-corrected chi connectivity index (χ1v) is 7.31. The van der Waals surface area contributed by atoms with Gasteiger partial charge in [0.25, 0.3) is 0 Å². The highest BCUT2D eigenvalue weighted by Crippen LogP contribution is 2.39. The van der Waals surface area contributed by atoms with E-state index in [9.17, 15) is 5.11 Å². The molecule has 1 aromatic rings. The van der Waals surface area contributed by atoms with Crippen molar-refractivity contribution in [2.75, 3.05) is 19.7 Å². The minimum Gasteiger partial charge on any atom is -0.490 e. The topological polar surface area (TPSA) is 32.7 Å². The number of aliphatic hydroxyl groups is 1. The molecule has 19 heavy (non-hydrogen) atoms. The number of piperidine rings is 1. The van der Waals surface area contributed by atoms with Gasteiger partial charge >= 0.3 is 0 Å². The molecule has 0 spiro atoms. The minimum atomic E-state index is -0.417. The predicted octanol–water partition coefficient (Wildman–Crippen LogP) is 2.52. The maximum Gasteiger partial charge on any atom is 0.127 e. The van der Waals surface area contributed by atoms with Gasteiger partial charge in [0.1, 0.15) is 18.5 Å². The third-order valence-corrected chi connectivity index (χ3v) is 4.41. The zero-order valence-electron chi connectivity index (χ0n) is 11.8. The summed E-state index contributed by atoms with van der Waals surface area (Å²) in [4.78, 5) is 2.44. The second-order valence-corrected chi connectivity index (χ2v) is 6.06. The van der Waals surface area contributed by atoms with Crippen molar-refractivity contribution in [2.24, 2.45) is 5.92 Å². The molecule has 2 aliphatic rings. The van der Waals surface area contributed by atoms with Crippen LogP contribution in [-0.4, -0.2) is 35.8 Å². The van der Waals surface area contributed by atoms with Crippen LogP contribution in [-0.2, 0) is 0 Å². The molecule has 1 saturated heterocycles. The highest BCUT2D eigenvalue weighted by Gasteiger charge is 2.36. The first-order valence-electron chi connectivity index (χ1n) is 7.31. The molecule has 3 unspecified atom stereocenters. The summed E-state index contributed by atoms with van der Waals surface area (Å²) >= 11 is 0. The van der Waals surface area contributed by atoms with Crippen LogP contribution in [0.4, 0.5) is 0 Å². The van der Waals surface area contributed by atoms with E-state index in [2.05, 4.69) is 36.9 Å². The number of rotatable bonds is 1. The highest BCUT2D eigenvalue weighted by atomic mass is 16.5. The van der Waals surface area contributed by atoms with Gasteiger partial charge in [-0.25, -0.2) is 0 Å². The van der Waals surface area contributed by atoms with Gasteiger partial charge < -0.3 is 9.84 Å². The molecule has 104 valence electrons. The third-order valence-electron chi connectivity index (χ3n) is 4.41. The normalized spacial score (nSPS) is 31.6. The molecular weight excluding hydrogens is 238 g/mol. The summed E-state index contributed by atoms with van der Waals surface area (Å²) in [5, 5.41) is 10.4. The second kappa shape index (κ2) is 5.14. The number of likely N-dealkylation sites (tertiary alicyclic amines) is 1. The Bertz CT molecular complexity index is 460. The lowest BCUT2D eigenvalue weighted by Crippen LogP contribution is -2.46. The van der Waals surface area contributed by atoms with Crippen LogP contribution in [0, 0.1) is 12.8 Å². The van der Waals surface area contributed by atoms with Crippen LogP contribution in [0.15, 0.2) is 18.2 Å². The summed E-state index contributed by atoms with van der Waals surface area (Å²) < 4.78 is 5.74. The quantitative estimate of drug-likeness (QED) is 0.843. The molecule has 0 amide bonds. The minimum absolute atomic E-state index is 0.103. The van der Waals surface area contributed by atoms with Crippen LogP contribution < -0.4 is 4.74 Å². The molecule has 1 fully saturated rings. The second-order valence-electron chi connectivity index (χ2n) is 6.06. The van der Waals surface area contributed by atoms with Gasteiger partial charge in [0.05, 0.1) is 6.04 Å². The molecule has 3 rings (SSSR count). The fraction of sp³-hybridized carbons (Fsp3) is 0.625. The number of aryl methyl sites for hydroxylation is 1. The summed E-state index contributed by atoms with van der Waals surface area (Å²) in [7, 11) is 0. The molecule has 0 bridgehead atoms. The van der Waals surface area contributed by atoms with E-state index in [0.717, 1.165) is 30.3 Å². The van der Waals surface area contributed by atoms with Crippen molar-refractivity contribution in [3.05, 3.63) is 29.3 Å².